The van der Waals surface area contributed by atoms with Crippen molar-refractivity contribution in [2.24, 2.45) is 0 Å². The molecule has 0 bridgehead atoms. The maximum Gasteiger partial charge on any atom is 0.261 e. The van der Waals surface area contributed by atoms with E-state index in [9.17, 15) is 17.6 Å². The van der Waals surface area contributed by atoms with Gasteiger partial charge in [-0.2, -0.15) is 0 Å². The van der Waals surface area contributed by atoms with Gasteiger partial charge in [-0.05, 0) is 53.9 Å². The lowest BCUT2D eigenvalue weighted by Gasteiger charge is -2.12. The van der Waals surface area contributed by atoms with Crippen molar-refractivity contribution in [1.82, 2.24) is 0 Å². The molecule has 1 heterocycles. The molecule has 0 aliphatic carbocycles. The number of amides is 1. The molecular formula is C19H15FN2O3S2. The van der Waals surface area contributed by atoms with Crippen molar-refractivity contribution < 1.29 is 17.6 Å². The van der Waals surface area contributed by atoms with Crippen molar-refractivity contribution in [3.8, 4) is 0 Å². The summed E-state index contributed by atoms with van der Waals surface area (Å²) in [5, 5.41) is 4.55. The Labute approximate surface area is 160 Å². The van der Waals surface area contributed by atoms with Gasteiger partial charge in [0.05, 0.1) is 16.3 Å². The van der Waals surface area contributed by atoms with Crippen LogP contribution in [-0.4, -0.2) is 14.3 Å². The van der Waals surface area contributed by atoms with E-state index in [4.69, 9.17) is 0 Å². The molecule has 3 rings (SSSR count). The lowest BCUT2D eigenvalue weighted by Crippen LogP contribution is -2.16. The zero-order chi connectivity index (χ0) is 19.3. The van der Waals surface area contributed by atoms with Gasteiger partial charge in [0.25, 0.3) is 10.0 Å². The van der Waals surface area contributed by atoms with Crippen molar-refractivity contribution in [1.29, 1.82) is 0 Å². The molecule has 5 nitrogen and oxygen atoms in total. The number of carbonyl (C=O) groups is 1. The summed E-state index contributed by atoms with van der Waals surface area (Å²) < 4.78 is 40.4. The lowest BCUT2D eigenvalue weighted by atomic mass is 10.2. The molecule has 0 atom stereocenters. The van der Waals surface area contributed by atoms with Gasteiger partial charge in [0.1, 0.15) is 5.82 Å². The van der Waals surface area contributed by atoms with Gasteiger partial charge in [-0.3, -0.25) is 9.52 Å². The molecular weight excluding hydrogens is 387 g/mol. The fourth-order valence-corrected chi connectivity index (χ4v) is 3.91. The first-order valence-corrected chi connectivity index (χ1v) is 10.2. The van der Waals surface area contributed by atoms with Crippen LogP contribution in [0.25, 0.3) is 6.08 Å². The SMILES string of the molecule is O=C(C=Cc1cccs1)Nc1ccccc1NS(=O)(=O)c1ccc(F)cc1. The number of benzene rings is 2. The van der Waals surface area contributed by atoms with Crippen LogP contribution in [0.2, 0.25) is 0 Å². The normalized spacial score (nSPS) is 11.4. The average Bonchev–Trinajstić information content (AvgIpc) is 3.15. The standard InChI is InChI=1S/C19H15FN2O3S2/c20-14-7-10-16(11-8-14)27(24,25)22-18-6-2-1-5-17(18)21-19(23)12-9-15-4-3-13-26-15/h1-13,22H,(H,21,23). The summed E-state index contributed by atoms with van der Waals surface area (Å²) in [4.78, 5) is 13.0. The van der Waals surface area contributed by atoms with Gasteiger partial charge in [0.2, 0.25) is 5.91 Å². The molecule has 2 aromatic carbocycles. The zero-order valence-corrected chi connectivity index (χ0v) is 15.6. The zero-order valence-electron chi connectivity index (χ0n) is 13.9. The fraction of sp³-hybridized carbons (Fsp3) is 0. The predicted molar refractivity (Wildman–Crippen MR) is 106 cm³/mol. The van der Waals surface area contributed by atoms with Crippen molar-refractivity contribution in [2.45, 2.75) is 4.90 Å². The number of halogens is 1. The molecule has 0 saturated heterocycles. The number of nitrogens with one attached hydrogen (secondary N) is 2. The molecule has 3 aromatic rings. The van der Waals surface area contributed by atoms with Gasteiger partial charge in [0.15, 0.2) is 0 Å². The van der Waals surface area contributed by atoms with E-state index < -0.39 is 21.7 Å². The van der Waals surface area contributed by atoms with Crippen LogP contribution in [0.15, 0.2) is 77.0 Å². The second-order valence-corrected chi connectivity index (χ2v) is 8.10. The predicted octanol–water partition coefficient (Wildman–Crippen LogP) is 4.34. The Morgan fingerprint density at radius 3 is 2.33 bits per heavy atom. The summed E-state index contributed by atoms with van der Waals surface area (Å²) in [5.74, 6) is -0.920. The topological polar surface area (TPSA) is 75.3 Å². The molecule has 0 aliphatic rings. The van der Waals surface area contributed by atoms with E-state index in [1.807, 2.05) is 17.5 Å². The van der Waals surface area contributed by atoms with Gasteiger partial charge < -0.3 is 5.32 Å². The minimum Gasteiger partial charge on any atom is -0.321 e. The largest absolute Gasteiger partial charge is 0.321 e. The molecule has 0 saturated carbocycles. The van der Waals surface area contributed by atoms with E-state index in [-0.39, 0.29) is 10.6 Å². The Morgan fingerprint density at radius 2 is 1.67 bits per heavy atom. The summed E-state index contributed by atoms with van der Waals surface area (Å²) in [7, 11) is -3.92. The van der Waals surface area contributed by atoms with Gasteiger partial charge in [0, 0.05) is 11.0 Å². The molecule has 138 valence electrons. The minimum absolute atomic E-state index is 0.0809. The second-order valence-electron chi connectivity index (χ2n) is 5.44. The highest BCUT2D eigenvalue weighted by Gasteiger charge is 2.16. The van der Waals surface area contributed by atoms with Crippen molar-refractivity contribution in [2.75, 3.05) is 10.0 Å². The van der Waals surface area contributed by atoms with Crippen molar-refractivity contribution >= 4 is 44.7 Å². The third kappa shape index (κ3) is 5.02. The summed E-state index contributed by atoms with van der Waals surface area (Å²) in [6.07, 6.45) is 3.04. The van der Waals surface area contributed by atoms with Gasteiger partial charge in [-0.15, -0.1) is 11.3 Å². The number of para-hydroxylation sites is 2. The second kappa shape index (κ2) is 8.15. The molecule has 1 amide bonds. The minimum atomic E-state index is -3.92. The molecule has 0 aliphatic heterocycles. The van der Waals surface area contributed by atoms with Crippen LogP contribution in [0, 0.1) is 5.82 Å². The first kappa shape index (κ1) is 18.8. The molecule has 0 unspecified atom stereocenters. The van der Waals surface area contributed by atoms with Crippen molar-refractivity contribution in [3.63, 3.8) is 0 Å². The molecule has 0 spiro atoms. The summed E-state index contributed by atoms with van der Waals surface area (Å²) >= 11 is 1.50. The molecule has 0 fully saturated rings. The number of anilines is 2. The first-order chi connectivity index (χ1) is 12.9. The van der Waals surface area contributed by atoms with Gasteiger partial charge in [-0.1, -0.05) is 18.2 Å². The van der Waals surface area contributed by atoms with Gasteiger partial charge in [-0.25, -0.2) is 12.8 Å². The van der Waals surface area contributed by atoms with E-state index in [2.05, 4.69) is 10.0 Å². The third-order valence-electron chi connectivity index (χ3n) is 3.50. The number of rotatable bonds is 6. The first-order valence-electron chi connectivity index (χ1n) is 7.84. The van der Waals surface area contributed by atoms with Crippen LogP contribution in [0.5, 0.6) is 0 Å². The number of hydrogen-bond donors (Lipinski definition) is 2. The fourth-order valence-electron chi connectivity index (χ4n) is 2.22. The Balaban J connectivity index is 1.77. The Hall–Kier alpha value is -2.97. The Kier molecular flexibility index (Phi) is 5.68. The molecule has 8 heteroatoms. The maximum absolute atomic E-state index is 13.0. The van der Waals surface area contributed by atoms with E-state index in [0.717, 1.165) is 17.0 Å². The van der Waals surface area contributed by atoms with E-state index >= 15 is 0 Å². The Morgan fingerprint density at radius 1 is 0.963 bits per heavy atom. The highest BCUT2D eigenvalue weighted by atomic mass is 32.2. The van der Waals surface area contributed by atoms with E-state index in [1.165, 1.54) is 35.6 Å². The summed E-state index contributed by atoms with van der Waals surface area (Å²) in [6, 6.07) is 14.6. The van der Waals surface area contributed by atoms with Crippen LogP contribution in [0.4, 0.5) is 15.8 Å². The van der Waals surface area contributed by atoms with Crippen LogP contribution in [0.1, 0.15) is 4.88 Å². The van der Waals surface area contributed by atoms with Gasteiger partial charge >= 0.3 is 0 Å². The number of thiophene rings is 1. The molecule has 27 heavy (non-hydrogen) atoms. The van der Waals surface area contributed by atoms with Crippen molar-refractivity contribution in [3.05, 3.63) is 82.8 Å². The summed E-state index contributed by atoms with van der Waals surface area (Å²) in [5.41, 5.74) is 0.517. The van der Waals surface area contributed by atoms with E-state index in [0.29, 0.717) is 5.69 Å². The lowest BCUT2D eigenvalue weighted by molar-refractivity contribution is -0.111. The third-order valence-corrected chi connectivity index (χ3v) is 5.71. The smallest absolute Gasteiger partial charge is 0.261 e. The molecule has 0 radical (unpaired) electrons. The van der Waals surface area contributed by atoms with Crippen LogP contribution < -0.4 is 10.0 Å². The number of hydrogen-bond acceptors (Lipinski definition) is 4. The quantitative estimate of drug-likeness (QED) is 0.602. The van der Waals surface area contributed by atoms with Crippen LogP contribution >= 0.6 is 11.3 Å². The molecule has 1 aromatic heterocycles. The van der Waals surface area contributed by atoms with Crippen LogP contribution in [-0.2, 0) is 14.8 Å². The molecule has 2 N–H and O–H groups in total. The maximum atomic E-state index is 13.0. The number of carbonyl (C=O) groups excluding carboxylic acids is 1. The highest BCUT2D eigenvalue weighted by Crippen LogP contribution is 2.24. The van der Waals surface area contributed by atoms with Crippen LogP contribution in [0.3, 0.4) is 0 Å². The highest BCUT2D eigenvalue weighted by molar-refractivity contribution is 7.92. The number of sulfonamides is 1. The average molecular weight is 402 g/mol. The monoisotopic (exact) mass is 402 g/mol. The van der Waals surface area contributed by atoms with E-state index in [1.54, 1.807) is 24.3 Å². The Bertz CT molecular complexity index is 1060. The summed E-state index contributed by atoms with van der Waals surface area (Å²) in [6.45, 7) is 0.